The average molecular weight is 270 g/mol. The summed E-state index contributed by atoms with van der Waals surface area (Å²) >= 11 is 1.60. The molecule has 1 aromatic carbocycles. The van der Waals surface area contributed by atoms with Crippen LogP contribution in [-0.4, -0.2) is 4.92 Å². The Morgan fingerprint density at radius 1 is 1.32 bits per heavy atom. The number of allylic oxidation sites excluding steroid dienone is 1. The van der Waals surface area contributed by atoms with E-state index in [0.29, 0.717) is 11.1 Å². The highest BCUT2D eigenvalue weighted by Crippen LogP contribution is 2.24. The van der Waals surface area contributed by atoms with Crippen molar-refractivity contribution in [2.24, 2.45) is 0 Å². The van der Waals surface area contributed by atoms with Crippen molar-refractivity contribution in [2.75, 3.05) is 0 Å². The van der Waals surface area contributed by atoms with Gasteiger partial charge in [-0.3, -0.25) is 10.1 Å². The second kappa shape index (κ2) is 5.46. The van der Waals surface area contributed by atoms with Crippen LogP contribution in [0.15, 0.2) is 36.4 Å². The minimum atomic E-state index is -0.456. The lowest BCUT2D eigenvalue weighted by Gasteiger charge is -1.98. The maximum absolute atomic E-state index is 10.6. The van der Waals surface area contributed by atoms with Gasteiger partial charge in [0.05, 0.1) is 16.6 Å². The number of thiophene rings is 1. The number of aryl methyl sites for hydroxylation is 1. The van der Waals surface area contributed by atoms with Crippen molar-refractivity contribution in [1.29, 1.82) is 5.26 Å². The first-order chi connectivity index (χ1) is 9.10. The summed E-state index contributed by atoms with van der Waals surface area (Å²) in [6, 6.07) is 12.0. The molecule has 0 atom stereocenters. The molecular formula is C14H10N2O2S. The van der Waals surface area contributed by atoms with Crippen LogP contribution in [0.5, 0.6) is 0 Å². The minimum absolute atomic E-state index is 0.0213. The molecule has 0 amide bonds. The molecule has 0 fully saturated rings. The number of non-ortho nitro benzene ring substituents is 1. The molecule has 0 aliphatic heterocycles. The maximum Gasteiger partial charge on any atom is 0.269 e. The smallest absolute Gasteiger partial charge is 0.258 e. The Labute approximate surface area is 114 Å². The van der Waals surface area contributed by atoms with Gasteiger partial charge in [-0.05, 0) is 42.8 Å². The summed E-state index contributed by atoms with van der Waals surface area (Å²) in [7, 11) is 0. The fourth-order valence-electron chi connectivity index (χ4n) is 1.62. The van der Waals surface area contributed by atoms with Crippen molar-refractivity contribution in [3.8, 4) is 6.07 Å². The number of hydrogen-bond acceptors (Lipinski definition) is 4. The molecule has 0 aliphatic carbocycles. The van der Waals surface area contributed by atoms with Gasteiger partial charge in [-0.25, -0.2) is 0 Å². The highest BCUT2D eigenvalue weighted by molar-refractivity contribution is 7.12. The SMILES string of the molecule is Cc1ccc(/C=C(/C#N)c2ccc([N+](=O)[O-])cc2)s1. The predicted molar refractivity (Wildman–Crippen MR) is 75.6 cm³/mol. The highest BCUT2D eigenvalue weighted by Gasteiger charge is 2.07. The van der Waals surface area contributed by atoms with Crippen molar-refractivity contribution >= 4 is 28.7 Å². The van der Waals surface area contributed by atoms with Crippen molar-refractivity contribution in [3.05, 3.63) is 61.8 Å². The zero-order valence-electron chi connectivity index (χ0n) is 10.2. The predicted octanol–water partition coefficient (Wildman–Crippen LogP) is 4.03. The van der Waals surface area contributed by atoms with E-state index < -0.39 is 4.92 Å². The second-order valence-electron chi connectivity index (χ2n) is 3.92. The van der Waals surface area contributed by atoms with Crippen molar-refractivity contribution in [2.45, 2.75) is 6.92 Å². The molecule has 94 valence electrons. The van der Waals surface area contributed by atoms with Crippen LogP contribution in [0.25, 0.3) is 11.6 Å². The van der Waals surface area contributed by atoms with Gasteiger partial charge < -0.3 is 0 Å². The zero-order chi connectivity index (χ0) is 13.8. The van der Waals surface area contributed by atoms with Gasteiger partial charge in [0.25, 0.3) is 5.69 Å². The van der Waals surface area contributed by atoms with E-state index in [0.717, 1.165) is 4.88 Å². The summed E-state index contributed by atoms with van der Waals surface area (Å²) in [5.41, 5.74) is 1.20. The standard InChI is InChI=1S/C14H10N2O2S/c1-10-2-7-14(19-10)8-12(9-15)11-3-5-13(6-4-11)16(17)18/h2-8H,1H3/b12-8-. The van der Waals surface area contributed by atoms with Crippen LogP contribution in [0.3, 0.4) is 0 Å². The first kappa shape index (κ1) is 13.0. The minimum Gasteiger partial charge on any atom is -0.258 e. The maximum atomic E-state index is 10.6. The van der Waals surface area contributed by atoms with Gasteiger partial charge >= 0.3 is 0 Å². The van der Waals surface area contributed by atoms with Crippen molar-refractivity contribution < 1.29 is 4.92 Å². The molecule has 0 N–H and O–H groups in total. The lowest BCUT2D eigenvalue weighted by Crippen LogP contribution is -1.88. The molecular weight excluding hydrogens is 260 g/mol. The Morgan fingerprint density at radius 2 is 2.00 bits per heavy atom. The van der Waals surface area contributed by atoms with E-state index in [2.05, 4.69) is 6.07 Å². The molecule has 0 aliphatic rings. The van der Waals surface area contributed by atoms with E-state index >= 15 is 0 Å². The molecule has 4 nitrogen and oxygen atoms in total. The van der Waals surface area contributed by atoms with Gasteiger partial charge in [0.15, 0.2) is 0 Å². The summed E-state index contributed by atoms with van der Waals surface area (Å²) in [6.45, 7) is 2.00. The fraction of sp³-hybridized carbons (Fsp3) is 0.0714. The quantitative estimate of drug-likeness (QED) is 0.480. The molecule has 0 saturated heterocycles. The van der Waals surface area contributed by atoms with Crippen LogP contribution >= 0.6 is 11.3 Å². The molecule has 19 heavy (non-hydrogen) atoms. The summed E-state index contributed by atoms with van der Waals surface area (Å²) < 4.78 is 0. The van der Waals surface area contributed by atoms with E-state index in [4.69, 9.17) is 0 Å². The molecule has 0 unspecified atom stereocenters. The lowest BCUT2D eigenvalue weighted by atomic mass is 10.1. The summed E-state index contributed by atoms with van der Waals surface area (Å²) in [6.07, 6.45) is 1.79. The molecule has 5 heteroatoms. The third kappa shape index (κ3) is 3.06. The Morgan fingerprint density at radius 3 is 2.47 bits per heavy atom. The van der Waals surface area contributed by atoms with Crippen LogP contribution < -0.4 is 0 Å². The Kier molecular flexibility index (Phi) is 3.74. The van der Waals surface area contributed by atoms with Crippen LogP contribution in [0.4, 0.5) is 5.69 Å². The van der Waals surface area contributed by atoms with E-state index in [1.54, 1.807) is 29.5 Å². The van der Waals surface area contributed by atoms with Crippen molar-refractivity contribution in [1.82, 2.24) is 0 Å². The number of nitriles is 1. The largest absolute Gasteiger partial charge is 0.269 e. The Balaban J connectivity index is 2.35. The van der Waals surface area contributed by atoms with Gasteiger partial charge in [0, 0.05) is 21.9 Å². The number of benzene rings is 1. The molecule has 0 bridgehead atoms. The van der Waals surface area contributed by atoms with Crippen LogP contribution in [0.2, 0.25) is 0 Å². The second-order valence-corrected chi connectivity index (χ2v) is 5.24. The topological polar surface area (TPSA) is 66.9 Å². The number of hydrogen-bond donors (Lipinski definition) is 0. The first-order valence-electron chi connectivity index (χ1n) is 5.53. The van der Waals surface area contributed by atoms with Crippen LogP contribution in [-0.2, 0) is 0 Å². The molecule has 0 spiro atoms. The summed E-state index contributed by atoms with van der Waals surface area (Å²) in [5.74, 6) is 0. The number of nitrogens with zero attached hydrogens (tertiary/aromatic N) is 2. The van der Waals surface area contributed by atoms with E-state index in [1.807, 2.05) is 19.1 Å². The highest BCUT2D eigenvalue weighted by atomic mass is 32.1. The van der Waals surface area contributed by atoms with Gasteiger partial charge in [-0.15, -0.1) is 11.3 Å². The fourth-order valence-corrected chi connectivity index (χ4v) is 2.44. The van der Waals surface area contributed by atoms with E-state index in [-0.39, 0.29) is 5.69 Å². The van der Waals surface area contributed by atoms with Crippen LogP contribution in [0, 0.1) is 28.4 Å². The van der Waals surface area contributed by atoms with Gasteiger partial charge in [0.2, 0.25) is 0 Å². The third-order valence-corrected chi connectivity index (χ3v) is 3.51. The van der Waals surface area contributed by atoms with Crippen molar-refractivity contribution in [3.63, 3.8) is 0 Å². The summed E-state index contributed by atoms with van der Waals surface area (Å²) in [4.78, 5) is 12.3. The summed E-state index contributed by atoms with van der Waals surface area (Å²) in [5, 5.41) is 19.8. The third-order valence-electron chi connectivity index (χ3n) is 2.56. The molecule has 1 aromatic heterocycles. The van der Waals surface area contributed by atoms with Gasteiger partial charge in [0.1, 0.15) is 0 Å². The molecule has 1 heterocycles. The lowest BCUT2D eigenvalue weighted by molar-refractivity contribution is -0.384. The molecule has 0 radical (unpaired) electrons. The van der Waals surface area contributed by atoms with E-state index in [9.17, 15) is 15.4 Å². The number of rotatable bonds is 3. The molecule has 0 saturated carbocycles. The van der Waals surface area contributed by atoms with Gasteiger partial charge in [-0.2, -0.15) is 5.26 Å². The number of nitro benzene ring substituents is 1. The molecule has 2 aromatic rings. The van der Waals surface area contributed by atoms with Gasteiger partial charge in [-0.1, -0.05) is 0 Å². The average Bonchev–Trinajstić information content (AvgIpc) is 2.81. The first-order valence-corrected chi connectivity index (χ1v) is 6.35. The number of nitro groups is 1. The molecule has 2 rings (SSSR count). The van der Waals surface area contributed by atoms with Crippen LogP contribution in [0.1, 0.15) is 15.3 Å². The normalized spacial score (nSPS) is 11.1. The Hall–Kier alpha value is -2.45. The zero-order valence-corrected chi connectivity index (χ0v) is 11.0. The monoisotopic (exact) mass is 270 g/mol. The Bertz CT molecular complexity index is 678. The van der Waals surface area contributed by atoms with E-state index in [1.165, 1.54) is 17.0 Å².